The summed E-state index contributed by atoms with van der Waals surface area (Å²) in [5.41, 5.74) is 2.61. The highest BCUT2D eigenvalue weighted by Gasteiger charge is 2.26. The van der Waals surface area contributed by atoms with Crippen LogP contribution in [0.5, 0.6) is 0 Å². The monoisotopic (exact) mass is 357 g/mol. The predicted octanol–water partition coefficient (Wildman–Crippen LogP) is 4.89. The molecule has 26 heavy (non-hydrogen) atoms. The largest absolute Gasteiger partial charge is 0.302 e. The number of piperidine rings is 1. The Morgan fingerprint density at radius 1 is 1.15 bits per heavy atom. The van der Waals surface area contributed by atoms with E-state index < -0.39 is 11.6 Å². The van der Waals surface area contributed by atoms with Crippen LogP contribution in [0, 0.1) is 17.6 Å². The zero-order chi connectivity index (χ0) is 17.9. The molecule has 5 heteroatoms. The number of H-pyrrole nitrogens is 1. The van der Waals surface area contributed by atoms with Crippen molar-refractivity contribution in [1.82, 2.24) is 15.1 Å². The van der Waals surface area contributed by atoms with E-state index in [-0.39, 0.29) is 0 Å². The first-order chi connectivity index (χ1) is 12.7. The molecule has 0 bridgehead atoms. The number of benzene rings is 1. The van der Waals surface area contributed by atoms with Crippen molar-refractivity contribution in [3.63, 3.8) is 0 Å². The molecule has 1 aromatic heterocycles. The number of nitrogens with one attached hydrogen (secondary N) is 1. The summed E-state index contributed by atoms with van der Waals surface area (Å²) in [6.07, 6.45) is 12.2. The van der Waals surface area contributed by atoms with Gasteiger partial charge in [0.05, 0.1) is 6.20 Å². The van der Waals surface area contributed by atoms with Gasteiger partial charge in [0.1, 0.15) is 0 Å². The third-order valence-electron chi connectivity index (χ3n) is 5.71. The van der Waals surface area contributed by atoms with Gasteiger partial charge in [0.25, 0.3) is 0 Å². The molecule has 1 saturated heterocycles. The minimum atomic E-state index is -0.816. The Labute approximate surface area is 153 Å². The smallest absolute Gasteiger partial charge is 0.159 e. The molecule has 1 aliphatic heterocycles. The summed E-state index contributed by atoms with van der Waals surface area (Å²) in [5.74, 6) is -0.519. The molecule has 1 N–H and O–H groups in total. The van der Waals surface area contributed by atoms with Crippen LogP contribution in [0.2, 0.25) is 0 Å². The van der Waals surface area contributed by atoms with Crippen molar-refractivity contribution in [1.29, 1.82) is 0 Å². The van der Waals surface area contributed by atoms with Crippen molar-refractivity contribution in [3.05, 3.63) is 53.9 Å². The van der Waals surface area contributed by atoms with Crippen molar-refractivity contribution in [2.24, 2.45) is 5.92 Å². The lowest BCUT2D eigenvalue weighted by molar-refractivity contribution is 0.173. The number of hydrogen-bond donors (Lipinski definition) is 1. The Bertz CT molecular complexity index is 783. The lowest BCUT2D eigenvalue weighted by Crippen LogP contribution is -2.38. The molecule has 2 atom stereocenters. The third-order valence-corrected chi connectivity index (χ3v) is 5.71. The molecule has 3 nitrogen and oxygen atoms in total. The Kier molecular flexibility index (Phi) is 5.16. The van der Waals surface area contributed by atoms with E-state index >= 15 is 0 Å². The van der Waals surface area contributed by atoms with E-state index in [0.29, 0.717) is 11.5 Å². The molecule has 2 aliphatic rings. The number of halogens is 2. The van der Waals surface area contributed by atoms with Gasteiger partial charge in [-0.2, -0.15) is 5.10 Å². The summed E-state index contributed by atoms with van der Waals surface area (Å²) in [6, 6.07) is 4.07. The van der Waals surface area contributed by atoms with Gasteiger partial charge in [0.2, 0.25) is 0 Å². The van der Waals surface area contributed by atoms with Gasteiger partial charge >= 0.3 is 0 Å². The first-order valence-electron chi connectivity index (χ1n) is 9.56. The molecule has 0 spiro atoms. The van der Waals surface area contributed by atoms with Gasteiger partial charge < -0.3 is 4.90 Å². The van der Waals surface area contributed by atoms with Crippen LogP contribution in [0.15, 0.2) is 36.5 Å². The maximum atomic E-state index is 13.6. The fourth-order valence-electron chi connectivity index (χ4n) is 4.35. The van der Waals surface area contributed by atoms with Crippen molar-refractivity contribution < 1.29 is 8.78 Å². The molecule has 0 radical (unpaired) electrons. The van der Waals surface area contributed by atoms with Crippen LogP contribution in [0.3, 0.4) is 0 Å². The molecule has 0 saturated carbocycles. The summed E-state index contributed by atoms with van der Waals surface area (Å²) in [4.78, 5) is 2.56. The van der Waals surface area contributed by atoms with Crippen molar-refractivity contribution in [2.75, 3.05) is 19.6 Å². The highest BCUT2D eigenvalue weighted by Crippen LogP contribution is 2.34. The molecule has 138 valence electrons. The normalized spacial score (nSPS) is 24.1. The van der Waals surface area contributed by atoms with Gasteiger partial charge in [0.15, 0.2) is 11.6 Å². The van der Waals surface area contributed by atoms with Crippen LogP contribution in [0.25, 0.3) is 11.1 Å². The summed E-state index contributed by atoms with van der Waals surface area (Å²) in [6.45, 7) is 3.29. The molecule has 1 aliphatic carbocycles. The molecule has 0 unspecified atom stereocenters. The second-order valence-corrected chi connectivity index (χ2v) is 7.58. The molecule has 1 fully saturated rings. The number of rotatable bonds is 4. The van der Waals surface area contributed by atoms with E-state index in [1.807, 2.05) is 0 Å². The summed E-state index contributed by atoms with van der Waals surface area (Å²) in [5, 5.41) is 7.33. The summed E-state index contributed by atoms with van der Waals surface area (Å²) >= 11 is 0. The average Bonchev–Trinajstić information content (AvgIpc) is 3.15. The van der Waals surface area contributed by atoms with E-state index in [2.05, 4.69) is 27.2 Å². The van der Waals surface area contributed by atoms with E-state index in [4.69, 9.17) is 0 Å². The minimum absolute atomic E-state index is 0.355. The van der Waals surface area contributed by atoms with Crippen molar-refractivity contribution in [3.8, 4) is 11.1 Å². The quantitative estimate of drug-likeness (QED) is 0.790. The fraction of sp³-hybridized carbons (Fsp3) is 0.476. The van der Waals surface area contributed by atoms with E-state index in [1.54, 1.807) is 12.3 Å². The topological polar surface area (TPSA) is 31.9 Å². The minimum Gasteiger partial charge on any atom is -0.302 e. The van der Waals surface area contributed by atoms with E-state index in [9.17, 15) is 8.78 Å². The van der Waals surface area contributed by atoms with Crippen LogP contribution in [-0.2, 0) is 0 Å². The van der Waals surface area contributed by atoms with Crippen LogP contribution in [0.4, 0.5) is 8.78 Å². The molecular formula is C21H25F2N3. The lowest BCUT2D eigenvalue weighted by Gasteiger charge is -2.35. The SMILES string of the molecule is Fc1ccc(-c2cn[nH]c2[C@@H]2CCCN(C[C@H]3CC=CCC3)C2)cc1F. The predicted molar refractivity (Wildman–Crippen MR) is 98.8 cm³/mol. The average molecular weight is 357 g/mol. The Balaban J connectivity index is 1.49. The van der Waals surface area contributed by atoms with Gasteiger partial charge in [-0.05, 0) is 62.3 Å². The van der Waals surface area contributed by atoms with Gasteiger partial charge in [-0.1, -0.05) is 18.2 Å². The summed E-state index contributed by atoms with van der Waals surface area (Å²) < 4.78 is 26.9. The fourth-order valence-corrected chi connectivity index (χ4v) is 4.35. The maximum absolute atomic E-state index is 13.6. The van der Waals surface area contributed by atoms with Crippen molar-refractivity contribution in [2.45, 2.75) is 38.0 Å². The molecule has 2 aromatic rings. The highest BCUT2D eigenvalue weighted by atomic mass is 19.2. The number of hydrogen-bond acceptors (Lipinski definition) is 2. The molecular weight excluding hydrogens is 332 g/mol. The number of allylic oxidation sites excluding steroid dienone is 2. The summed E-state index contributed by atoms with van der Waals surface area (Å²) in [7, 11) is 0. The zero-order valence-corrected chi connectivity index (χ0v) is 14.9. The molecule has 1 aromatic carbocycles. The third kappa shape index (κ3) is 3.73. The second-order valence-electron chi connectivity index (χ2n) is 7.58. The molecule has 0 amide bonds. The Morgan fingerprint density at radius 3 is 2.88 bits per heavy atom. The first kappa shape index (κ1) is 17.4. The van der Waals surface area contributed by atoms with E-state index in [0.717, 1.165) is 49.7 Å². The molecule has 4 rings (SSSR count). The number of aromatic nitrogens is 2. The molecule has 2 heterocycles. The van der Waals surface area contributed by atoms with Gasteiger partial charge in [0, 0.05) is 30.3 Å². The van der Waals surface area contributed by atoms with Gasteiger partial charge in [-0.25, -0.2) is 8.78 Å². The van der Waals surface area contributed by atoms with Gasteiger partial charge in [-0.3, -0.25) is 5.10 Å². The Morgan fingerprint density at radius 2 is 2.08 bits per heavy atom. The standard InChI is InChI=1S/C21H25F2N3/c22-19-9-8-16(11-20(19)23)18-12-24-25-21(18)17-7-4-10-26(14-17)13-15-5-2-1-3-6-15/h1-2,8-9,11-12,15,17H,3-7,10,13-14H2,(H,24,25)/t15-,17+/m0/s1. The number of aromatic amines is 1. The second kappa shape index (κ2) is 7.70. The first-order valence-corrected chi connectivity index (χ1v) is 9.56. The zero-order valence-electron chi connectivity index (χ0n) is 14.9. The van der Waals surface area contributed by atoms with Crippen LogP contribution in [-0.4, -0.2) is 34.7 Å². The van der Waals surface area contributed by atoms with Gasteiger partial charge in [-0.15, -0.1) is 0 Å². The van der Waals surface area contributed by atoms with Crippen LogP contribution < -0.4 is 0 Å². The van der Waals surface area contributed by atoms with Crippen LogP contribution in [0.1, 0.15) is 43.7 Å². The Hall–Kier alpha value is -2.01. The number of likely N-dealkylation sites (tertiary alicyclic amines) is 1. The lowest BCUT2D eigenvalue weighted by atomic mass is 9.88. The highest BCUT2D eigenvalue weighted by molar-refractivity contribution is 5.66. The maximum Gasteiger partial charge on any atom is 0.159 e. The number of nitrogens with zero attached hydrogens (tertiary/aromatic N) is 2. The van der Waals surface area contributed by atoms with Crippen molar-refractivity contribution >= 4 is 0 Å². The van der Waals surface area contributed by atoms with E-state index in [1.165, 1.54) is 31.4 Å². The van der Waals surface area contributed by atoms with Crippen LogP contribution >= 0.6 is 0 Å².